The van der Waals surface area contributed by atoms with Crippen molar-refractivity contribution >= 4 is 31.9 Å². The average molecular weight is 374 g/mol. The van der Waals surface area contributed by atoms with Crippen LogP contribution in [0, 0.1) is 0 Å². The predicted octanol–water partition coefficient (Wildman–Crippen LogP) is 2.83. The van der Waals surface area contributed by atoms with Crippen LogP contribution in [0.2, 0.25) is 0 Å². The molecule has 0 saturated carbocycles. The number of nitrogens with zero attached hydrogens (tertiary/aromatic N) is 2. The van der Waals surface area contributed by atoms with Crippen LogP contribution < -0.4 is 10.3 Å². The Hall–Kier alpha value is -1.14. The molecule has 0 fully saturated rings. The Morgan fingerprint density at radius 3 is 2.56 bits per heavy atom. The van der Waals surface area contributed by atoms with Crippen LogP contribution >= 0.6 is 31.9 Å². The first-order valence-electron chi connectivity index (χ1n) is 5.16. The summed E-state index contributed by atoms with van der Waals surface area (Å²) in [4.78, 5) is 11.9. The number of hydrogen-bond donors (Lipinski definition) is 0. The molecule has 0 saturated heterocycles. The van der Waals surface area contributed by atoms with Gasteiger partial charge in [-0.2, -0.15) is 5.10 Å². The number of rotatable bonds is 3. The molecule has 0 atom stereocenters. The summed E-state index contributed by atoms with van der Waals surface area (Å²) in [5.41, 5.74) is 0.819. The number of benzene rings is 1. The van der Waals surface area contributed by atoms with Gasteiger partial charge in [-0.1, -0.05) is 12.1 Å². The summed E-state index contributed by atoms with van der Waals surface area (Å²) in [6.45, 7) is 0.425. The molecule has 0 amide bonds. The van der Waals surface area contributed by atoms with Crippen LogP contribution in [0.15, 0.2) is 44.2 Å². The third-order valence-electron chi connectivity index (χ3n) is 2.43. The third-order valence-corrected chi connectivity index (χ3v) is 4.33. The van der Waals surface area contributed by atoms with E-state index in [1.165, 1.54) is 4.68 Å². The van der Waals surface area contributed by atoms with E-state index in [1.807, 2.05) is 24.3 Å². The molecule has 2 rings (SSSR count). The average Bonchev–Trinajstić information content (AvgIpc) is 2.40. The second-order valence-corrected chi connectivity index (χ2v) is 5.26. The van der Waals surface area contributed by atoms with Crippen molar-refractivity contribution in [1.29, 1.82) is 0 Å². The molecule has 18 heavy (non-hydrogen) atoms. The van der Waals surface area contributed by atoms with Crippen molar-refractivity contribution in [2.45, 2.75) is 6.54 Å². The van der Waals surface area contributed by atoms with Crippen LogP contribution in [-0.4, -0.2) is 16.9 Å². The minimum absolute atomic E-state index is 0.166. The van der Waals surface area contributed by atoms with E-state index in [0.717, 1.165) is 11.3 Å². The maximum absolute atomic E-state index is 11.9. The third kappa shape index (κ3) is 2.81. The molecule has 0 bridgehead atoms. The van der Waals surface area contributed by atoms with Crippen molar-refractivity contribution in [2.75, 3.05) is 7.11 Å². The first kappa shape index (κ1) is 13.3. The molecule has 0 spiro atoms. The fourth-order valence-electron chi connectivity index (χ4n) is 1.46. The van der Waals surface area contributed by atoms with Gasteiger partial charge < -0.3 is 4.74 Å². The van der Waals surface area contributed by atoms with E-state index in [-0.39, 0.29) is 5.56 Å². The largest absolute Gasteiger partial charge is 0.497 e. The summed E-state index contributed by atoms with van der Waals surface area (Å²) in [5.74, 6) is 0.788. The van der Waals surface area contributed by atoms with E-state index < -0.39 is 0 Å². The minimum Gasteiger partial charge on any atom is -0.497 e. The maximum Gasteiger partial charge on any atom is 0.282 e. The lowest BCUT2D eigenvalue weighted by Gasteiger charge is -2.06. The summed E-state index contributed by atoms with van der Waals surface area (Å²) in [6.07, 6.45) is 1.59. The summed E-state index contributed by atoms with van der Waals surface area (Å²) >= 11 is 6.47. The highest BCUT2D eigenvalue weighted by molar-refractivity contribution is 9.13. The highest BCUT2D eigenvalue weighted by Gasteiger charge is 2.07. The van der Waals surface area contributed by atoms with Crippen LogP contribution in [0.5, 0.6) is 5.75 Å². The zero-order valence-electron chi connectivity index (χ0n) is 9.56. The minimum atomic E-state index is -0.166. The second-order valence-electron chi connectivity index (χ2n) is 3.62. The van der Waals surface area contributed by atoms with E-state index in [9.17, 15) is 4.79 Å². The smallest absolute Gasteiger partial charge is 0.282 e. The molecule has 1 aromatic heterocycles. The SMILES string of the molecule is COc1ccc(Cn2ncc(Br)c(Br)c2=O)cc1. The number of ether oxygens (including phenoxy) is 1. The summed E-state index contributed by atoms with van der Waals surface area (Å²) in [7, 11) is 1.62. The van der Waals surface area contributed by atoms with E-state index in [2.05, 4.69) is 37.0 Å². The number of hydrogen-bond acceptors (Lipinski definition) is 3. The standard InChI is InChI=1S/C12H10Br2N2O2/c1-18-9-4-2-8(3-5-9)7-16-12(17)11(14)10(13)6-15-16/h2-6H,7H2,1H3. The Morgan fingerprint density at radius 2 is 1.94 bits per heavy atom. The van der Waals surface area contributed by atoms with Crippen molar-refractivity contribution in [1.82, 2.24) is 9.78 Å². The van der Waals surface area contributed by atoms with Crippen molar-refractivity contribution in [3.63, 3.8) is 0 Å². The first-order chi connectivity index (χ1) is 8.61. The van der Waals surface area contributed by atoms with E-state index in [4.69, 9.17) is 4.74 Å². The van der Waals surface area contributed by atoms with Crippen LogP contribution in [0.25, 0.3) is 0 Å². The zero-order valence-corrected chi connectivity index (χ0v) is 12.7. The van der Waals surface area contributed by atoms with Crippen LogP contribution in [0.1, 0.15) is 5.56 Å². The van der Waals surface area contributed by atoms with Crippen LogP contribution in [0.4, 0.5) is 0 Å². The molecule has 0 unspecified atom stereocenters. The van der Waals surface area contributed by atoms with E-state index in [1.54, 1.807) is 13.3 Å². The van der Waals surface area contributed by atoms with Gasteiger partial charge in [0.1, 0.15) is 10.2 Å². The summed E-state index contributed by atoms with van der Waals surface area (Å²) in [5, 5.41) is 4.07. The predicted molar refractivity (Wildman–Crippen MR) is 76.0 cm³/mol. The summed E-state index contributed by atoms with van der Waals surface area (Å²) in [6, 6.07) is 7.52. The molecule has 0 aliphatic rings. The van der Waals surface area contributed by atoms with Gasteiger partial charge in [-0.25, -0.2) is 4.68 Å². The normalized spacial score (nSPS) is 10.4. The van der Waals surface area contributed by atoms with Crippen LogP contribution in [0.3, 0.4) is 0 Å². The van der Waals surface area contributed by atoms with E-state index in [0.29, 0.717) is 15.5 Å². The molecule has 0 radical (unpaired) electrons. The van der Waals surface area contributed by atoms with Gasteiger partial charge in [0.05, 0.1) is 24.3 Å². The molecular formula is C12H10Br2N2O2. The van der Waals surface area contributed by atoms with Gasteiger partial charge in [0.15, 0.2) is 0 Å². The molecule has 2 aromatic rings. The zero-order chi connectivity index (χ0) is 13.1. The van der Waals surface area contributed by atoms with Gasteiger partial charge in [-0.3, -0.25) is 4.79 Å². The maximum atomic E-state index is 11.9. The lowest BCUT2D eigenvalue weighted by molar-refractivity contribution is 0.414. The molecule has 94 valence electrons. The molecule has 1 heterocycles. The number of halogens is 2. The Morgan fingerprint density at radius 1 is 1.28 bits per heavy atom. The molecular weight excluding hydrogens is 364 g/mol. The molecule has 4 nitrogen and oxygen atoms in total. The van der Waals surface area contributed by atoms with Crippen molar-refractivity contribution in [3.8, 4) is 5.75 Å². The van der Waals surface area contributed by atoms with E-state index >= 15 is 0 Å². The van der Waals surface area contributed by atoms with Crippen molar-refractivity contribution < 1.29 is 4.74 Å². The van der Waals surface area contributed by atoms with Gasteiger partial charge >= 0.3 is 0 Å². The fourth-order valence-corrected chi connectivity index (χ4v) is 2.03. The van der Waals surface area contributed by atoms with Gasteiger partial charge in [0, 0.05) is 0 Å². The van der Waals surface area contributed by atoms with Gasteiger partial charge in [-0.15, -0.1) is 0 Å². The molecule has 1 aromatic carbocycles. The fraction of sp³-hybridized carbons (Fsp3) is 0.167. The molecule has 6 heteroatoms. The topological polar surface area (TPSA) is 44.1 Å². The first-order valence-corrected chi connectivity index (χ1v) is 6.74. The highest BCUT2D eigenvalue weighted by atomic mass is 79.9. The Balaban J connectivity index is 2.28. The lowest BCUT2D eigenvalue weighted by Crippen LogP contribution is -2.24. The Bertz CT molecular complexity index is 608. The Labute approximate surface area is 121 Å². The van der Waals surface area contributed by atoms with Gasteiger partial charge in [-0.05, 0) is 49.6 Å². The number of methoxy groups -OCH3 is 1. The lowest BCUT2D eigenvalue weighted by atomic mass is 10.2. The second kappa shape index (κ2) is 5.67. The molecule has 0 aliphatic carbocycles. The van der Waals surface area contributed by atoms with Crippen molar-refractivity contribution in [3.05, 3.63) is 55.3 Å². The van der Waals surface area contributed by atoms with Crippen molar-refractivity contribution in [2.24, 2.45) is 0 Å². The summed E-state index contributed by atoms with van der Waals surface area (Å²) < 4.78 is 7.61. The highest BCUT2D eigenvalue weighted by Crippen LogP contribution is 2.17. The Kier molecular flexibility index (Phi) is 4.19. The monoisotopic (exact) mass is 372 g/mol. The quantitative estimate of drug-likeness (QED) is 0.830. The molecule has 0 N–H and O–H groups in total. The molecule has 0 aliphatic heterocycles. The number of aromatic nitrogens is 2. The van der Waals surface area contributed by atoms with Crippen LogP contribution in [-0.2, 0) is 6.54 Å². The van der Waals surface area contributed by atoms with Gasteiger partial charge in [0.25, 0.3) is 5.56 Å². The van der Waals surface area contributed by atoms with Gasteiger partial charge in [0.2, 0.25) is 0 Å².